The van der Waals surface area contributed by atoms with Gasteiger partial charge < -0.3 is 9.53 Å². The number of ether oxygens (including phenoxy) is 1. The Bertz CT molecular complexity index is 835. The quantitative estimate of drug-likeness (QED) is 0.511. The van der Waals surface area contributed by atoms with E-state index in [0.717, 1.165) is 17.4 Å². The first-order chi connectivity index (χ1) is 11.3. The van der Waals surface area contributed by atoms with Gasteiger partial charge >= 0.3 is 0 Å². The van der Waals surface area contributed by atoms with Crippen LogP contribution in [0.4, 0.5) is 5.69 Å². The molecule has 1 unspecified atom stereocenters. The summed E-state index contributed by atoms with van der Waals surface area (Å²) in [6, 6.07) is 9.14. The lowest BCUT2D eigenvalue weighted by Crippen LogP contribution is -2.32. The topological polar surface area (TPSA) is 81.5 Å². The summed E-state index contributed by atoms with van der Waals surface area (Å²) < 4.78 is 5.76. The second-order valence-electron chi connectivity index (χ2n) is 6.11. The molecule has 2 aromatic rings. The minimum atomic E-state index is -0.515. The standard InChI is InChI=1S/C17H15ClN2O4/c1-17(2)13-8-11(4-5-12(13)15(9-21)19-17)24-16-6-3-10(20(22)23)7-14(16)18/h3-9,15,19H,1-2H3. The maximum absolute atomic E-state index is 11.2. The molecule has 0 aromatic heterocycles. The summed E-state index contributed by atoms with van der Waals surface area (Å²) in [5.74, 6) is 0.879. The molecule has 2 aromatic carbocycles. The van der Waals surface area contributed by atoms with E-state index in [2.05, 4.69) is 5.32 Å². The smallest absolute Gasteiger partial charge is 0.271 e. The Morgan fingerprint density at radius 1 is 1.29 bits per heavy atom. The van der Waals surface area contributed by atoms with Crippen LogP contribution in [0.25, 0.3) is 0 Å². The minimum absolute atomic E-state index is 0.0968. The molecule has 3 rings (SSSR count). The number of nitro benzene ring substituents is 1. The van der Waals surface area contributed by atoms with Crippen molar-refractivity contribution in [1.29, 1.82) is 0 Å². The maximum Gasteiger partial charge on any atom is 0.271 e. The number of carbonyl (C=O) groups excluding carboxylic acids is 1. The fourth-order valence-electron chi connectivity index (χ4n) is 2.88. The van der Waals surface area contributed by atoms with E-state index in [1.807, 2.05) is 26.0 Å². The van der Waals surface area contributed by atoms with Crippen molar-refractivity contribution in [3.8, 4) is 11.5 Å². The van der Waals surface area contributed by atoms with Gasteiger partial charge in [0, 0.05) is 17.7 Å². The van der Waals surface area contributed by atoms with Gasteiger partial charge in [-0.3, -0.25) is 15.4 Å². The molecule has 1 heterocycles. The number of halogens is 1. The highest BCUT2D eigenvalue weighted by Gasteiger charge is 2.36. The molecule has 24 heavy (non-hydrogen) atoms. The summed E-state index contributed by atoms with van der Waals surface area (Å²) in [7, 11) is 0. The largest absolute Gasteiger partial charge is 0.456 e. The Morgan fingerprint density at radius 2 is 2.04 bits per heavy atom. The molecule has 7 heteroatoms. The molecule has 1 aliphatic heterocycles. The highest BCUT2D eigenvalue weighted by molar-refractivity contribution is 6.32. The number of nitro groups is 1. The van der Waals surface area contributed by atoms with E-state index in [9.17, 15) is 14.9 Å². The summed E-state index contributed by atoms with van der Waals surface area (Å²) >= 11 is 6.05. The van der Waals surface area contributed by atoms with Crippen LogP contribution in [-0.2, 0) is 10.3 Å². The number of nitrogens with zero attached hydrogens (tertiary/aromatic N) is 1. The molecular formula is C17H15ClN2O4. The number of aldehydes is 1. The van der Waals surface area contributed by atoms with Crippen LogP contribution in [0.2, 0.25) is 5.02 Å². The van der Waals surface area contributed by atoms with Crippen LogP contribution in [0, 0.1) is 10.1 Å². The summed E-state index contributed by atoms with van der Waals surface area (Å²) in [6.45, 7) is 3.97. The van der Waals surface area contributed by atoms with Crippen LogP contribution < -0.4 is 10.1 Å². The molecule has 0 bridgehead atoms. The Balaban J connectivity index is 1.93. The van der Waals surface area contributed by atoms with E-state index >= 15 is 0 Å². The normalized spacial score (nSPS) is 18.0. The Hall–Kier alpha value is -2.44. The van der Waals surface area contributed by atoms with Gasteiger partial charge in [-0.05, 0) is 43.2 Å². The zero-order valence-electron chi connectivity index (χ0n) is 13.1. The monoisotopic (exact) mass is 346 g/mol. The Morgan fingerprint density at radius 3 is 2.67 bits per heavy atom. The summed E-state index contributed by atoms with van der Waals surface area (Å²) in [6.07, 6.45) is 0.876. The molecule has 0 saturated heterocycles. The first kappa shape index (κ1) is 16.4. The zero-order valence-corrected chi connectivity index (χ0v) is 13.8. The van der Waals surface area contributed by atoms with Gasteiger partial charge in [0.15, 0.2) is 0 Å². The average molecular weight is 347 g/mol. The van der Waals surface area contributed by atoms with Crippen molar-refractivity contribution in [2.24, 2.45) is 0 Å². The van der Waals surface area contributed by atoms with Crippen molar-refractivity contribution in [3.05, 3.63) is 62.7 Å². The summed E-state index contributed by atoms with van der Waals surface area (Å²) in [4.78, 5) is 21.4. The molecular weight excluding hydrogens is 332 g/mol. The van der Waals surface area contributed by atoms with Crippen LogP contribution >= 0.6 is 11.6 Å². The second kappa shape index (κ2) is 5.89. The maximum atomic E-state index is 11.2. The van der Waals surface area contributed by atoms with Crippen molar-refractivity contribution in [3.63, 3.8) is 0 Å². The third kappa shape index (κ3) is 2.86. The van der Waals surface area contributed by atoms with E-state index in [0.29, 0.717) is 11.5 Å². The minimum Gasteiger partial charge on any atom is -0.456 e. The van der Waals surface area contributed by atoms with Crippen LogP contribution in [0.5, 0.6) is 11.5 Å². The number of nitrogens with one attached hydrogen (secondary N) is 1. The number of rotatable bonds is 4. The van der Waals surface area contributed by atoms with Gasteiger partial charge in [-0.25, -0.2) is 0 Å². The molecule has 0 fully saturated rings. The van der Waals surface area contributed by atoms with Crippen molar-refractivity contribution >= 4 is 23.6 Å². The molecule has 0 aliphatic carbocycles. The van der Waals surface area contributed by atoms with Gasteiger partial charge in [-0.15, -0.1) is 0 Å². The third-order valence-corrected chi connectivity index (χ3v) is 4.34. The number of benzene rings is 2. The fraction of sp³-hybridized carbons (Fsp3) is 0.235. The second-order valence-corrected chi connectivity index (χ2v) is 6.51. The van der Waals surface area contributed by atoms with E-state index in [-0.39, 0.29) is 22.3 Å². The predicted molar refractivity (Wildman–Crippen MR) is 89.6 cm³/mol. The third-order valence-electron chi connectivity index (χ3n) is 4.04. The molecule has 1 atom stereocenters. The number of non-ortho nitro benzene ring substituents is 1. The molecule has 6 nitrogen and oxygen atoms in total. The first-order valence-electron chi connectivity index (χ1n) is 7.31. The zero-order chi connectivity index (χ0) is 17.5. The number of carbonyl (C=O) groups is 1. The average Bonchev–Trinajstić information content (AvgIpc) is 2.80. The lowest BCUT2D eigenvalue weighted by atomic mass is 9.94. The van der Waals surface area contributed by atoms with Crippen molar-refractivity contribution < 1.29 is 14.5 Å². The van der Waals surface area contributed by atoms with Crippen LogP contribution in [0.3, 0.4) is 0 Å². The summed E-state index contributed by atoms with van der Waals surface area (Å²) in [5, 5.41) is 14.2. The first-order valence-corrected chi connectivity index (χ1v) is 7.69. The van der Waals surface area contributed by atoms with Crippen molar-refractivity contribution in [2.45, 2.75) is 25.4 Å². The highest BCUT2D eigenvalue weighted by atomic mass is 35.5. The predicted octanol–water partition coefficient (Wildman–Crippen LogP) is 4.12. The van der Waals surface area contributed by atoms with Gasteiger partial charge in [0.2, 0.25) is 0 Å². The molecule has 0 radical (unpaired) electrons. The van der Waals surface area contributed by atoms with E-state index in [1.165, 1.54) is 18.2 Å². The number of fused-ring (bicyclic) bond motifs is 1. The molecule has 0 amide bonds. The molecule has 124 valence electrons. The van der Waals surface area contributed by atoms with Crippen LogP contribution in [-0.4, -0.2) is 11.2 Å². The van der Waals surface area contributed by atoms with Gasteiger partial charge in [-0.2, -0.15) is 0 Å². The number of hydrogen-bond donors (Lipinski definition) is 1. The Kier molecular flexibility index (Phi) is 4.03. The number of hydrogen-bond acceptors (Lipinski definition) is 5. The fourth-order valence-corrected chi connectivity index (χ4v) is 3.09. The van der Waals surface area contributed by atoms with E-state index in [1.54, 1.807) is 6.07 Å². The van der Waals surface area contributed by atoms with Gasteiger partial charge in [0.05, 0.1) is 16.0 Å². The molecule has 1 aliphatic rings. The highest BCUT2D eigenvalue weighted by Crippen LogP contribution is 2.40. The van der Waals surface area contributed by atoms with Gasteiger partial charge in [0.1, 0.15) is 17.8 Å². The lowest BCUT2D eigenvalue weighted by molar-refractivity contribution is -0.384. The van der Waals surface area contributed by atoms with Gasteiger partial charge in [0.25, 0.3) is 5.69 Å². The Labute approximate surface area is 143 Å². The van der Waals surface area contributed by atoms with Crippen LogP contribution in [0.15, 0.2) is 36.4 Å². The summed E-state index contributed by atoms with van der Waals surface area (Å²) in [5.41, 5.74) is 1.42. The van der Waals surface area contributed by atoms with E-state index in [4.69, 9.17) is 16.3 Å². The van der Waals surface area contributed by atoms with Gasteiger partial charge in [-0.1, -0.05) is 17.7 Å². The van der Waals surface area contributed by atoms with Crippen molar-refractivity contribution in [1.82, 2.24) is 5.32 Å². The van der Waals surface area contributed by atoms with Crippen molar-refractivity contribution in [2.75, 3.05) is 0 Å². The van der Waals surface area contributed by atoms with Crippen LogP contribution in [0.1, 0.15) is 31.0 Å². The molecule has 1 N–H and O–H groups in total. The van der Waals surface area contributed by atoms with E-state index < -0.39 is 4.92 Å². The SMILES string of the molecule is CC1(C)NC(C=O)c2ccc(Oc3ccc([N+](=O)[O-])cc3Cl)cc21. The molecule has 0 saturated carbocycles. The molecule has 0 spiro atoms. The lowest BCUT2D eigenvalue weighted by Gasteiger charge is -2.20.